The lowest BCUT2D eigenvalue weighted by molar-refractivity contribution is -0.704. The maximum atomic E-state index is 3.61. The molecule has 0 amide bonds. The first-order chi connectivity index (χ1) is 16.8. The van der Waals surface area contributed by atoms with Crippen LogP contribution in [0.4, 0.5) is 0 Å². The Bertz CT molecular complexity index is 521. The molecule has 1 N–H and O–H groups in total. The van der Waals surface area contributed by atoms with E-state index in [0.29, 0.717) is 0 Å². The molecule has 0 fully saturated rings. The Hall–Kier alpha value is -0.790. The number of H-pyrrole nitrogens is 1. The van der Waals surface area contributed by atoms with Gasteiger partial charge >= 0.3 is 0 Å². The van der Waals surface area contributed by atoms with Crippen LogP contribution >= 0.6 is 0 Å². The van der Waals surface area contributed by atoms with Crippen LogP contribution in [0, 0.1) is 0 Å². The number of aromatic amines is 1. The van der Waals surface area contributed by atoms with Crippen molar-refractivity contribution < 1.29 is 4.57 Å². The Morgan fingerprint density at radius 1 is 0.529 bits per heavy atom. The quantitative estimate of drug-likeness (QED) is 0.101. The van der Waals surface area contributed by atoms with Crippen LogP contribution < -0.4 is 4.57 Å². The summed E-state index contributed by atoms with van der Waals surface area (Å²) in [4.78, 5) is 3.61. The fourth-order valence-corrected chi connectivity index (χ4v) is 5.51. The van der Waals surface area contributed by atoms with Gasteiger partial charge in [-0.2, -0.15) is 0 Å². The molecule has 0 aliphatic heterocycles. The van der Waals surface area contributed by atoms with E-state index in [4.69, 9.17) is 0 Å². The average Bonchev–Trinajstić information content (AvgIpc) is 3.30. The van der Waals surface area contributed by atoms with E-state index in [-0.39, 0.29) is 0 Å². The second-order valence-electron chi connectivity index (χ2n) is 11.0. The molecule has 1 aromatic heterocycles. The minimum absolute atomic E-state index is 0.731. The van der Waals surface area contributed by atoms with Gasteiger partial charge in [0.1, 0.15) is 12.4 Å². The molecular formula is C32H63N2+. The molecule has 0 saturated carbocycles. The SMILES string of the molecule is CCCCCCCCCCCCCCCCCC[C@H](CCCCCCC)c1[nH]cc[n+]1CCC. The number of hydrogen-bond acceptors (Lipinski definition) is 0. The number of rotatable bonds is 26. The average molecular weight is 476 g/mol. The molecule has 1 rings (SSSR count). The van der Waals surface area contributed by atoms with Crippen LogP contribution in [0.25, 0.3) is 0 Å². The van der Waals surface area contributed by atoms with Gasteiger partial charge in [-0.05, 0) is 19.3 Å². The topological polar surface area (TPSA) is 19.7 Å². The van der Waals surface area contributed by atoms with Crippen LogP contribution in [0.5, 0.6) is 0 Å². The van der Waals surface area contributed by atoms with Gasteiger partial charge in [-0.3, -0.25) is 0 Å². The van der Waals surface area contributed by atoms with E-state index >= 15 is 0 Å². The Balaban J connectivity index is 2.07. The zero-order valence-electron chi connectivity index (χ0n) is 23.9. The van der Waals surface area contributed by atoms with Crippen molar-refractivity contribution in [3.63, 3.8) is 0 Å². The Labute approximate surface area is 215 Å². The fourth-order valence-electron chi connectivity index (χ4n) is 5.51. The van der Waals surface area contributed by atoms with Crippen molar-refractivity contribution in [3.05, 3.63) is 18.2 Å². The van der Waals surface area contributed by atoms with E-state index in [2.05, 4.69) is 42.7 Å². The van der Waals surface area contributed by atoms with Gasteiger partial charge < -0.3 is 0 Å². The molecule has 1 heterocycles. The van der Waals surface area contributed by atoms with Crippen LogP contribution in [-0.4, -0.2) is 4.98 Å². The normalized spacial score (nSPS) is 12.4. The van der Waals surface area contributed by atoms with Gasteiger partial charge in [0.05, 0.1) is 12.5 Å². The monoisotopic (exact) mass is 475 g/mol. The summed E-state index contributed by atoms with van der Waals surface area (Å²) < 4.78 is 2.49. The van der Waals surface area contributed by atoms with Crippen molar-refractivity contribution >= 4 is 0 Å². The Morgan fingerprint density at radius 2 is 0.912 bits per heavy atom. The van der Waals surface area contributed by atoms with Crippen LogP contribution in [0.15, 0.2) is 12.4 Å². The molecule has 2 heteroatoms. The molecule has 0 radical (unpaired) electrons. The Morgan fingerprint density at radius 3 is 1.29 bits per heavy atom. The van der Waals surface area contributed by atoms with Crippen LogP contribution in [0.3, 0.4) is 0 Å². The van der Waals surface area contributed by atoms with Gasteiger partial charge in [0.15, 0.2) is 0 Å². The summed E-state index contributed by atoms with van der Waals surface area (Å²) in [6.07, 6.45) is 38.6. The molecule has 0 spiro atoms. The maximum Gasteiger partial charge on any atom is 0.257 e. The van der Waals surface area contributed by atoms with Crippen molar-refractivity contribution in [3.8, 4) is 0 Å². The van der Waals surface area contributed by atoms with Crippen molar-refractivity contribution in [2.24, 2.45) is 0 Å². The number of imidazole rings is 1. The molecule has 0 aliphatic rings. The van der Waals surface area contributed by atoms with Crippen LogP contribution in [-0.2, 0) is 6.54 Å². The first-order valence-corrected chi connectivity index (χ1v) is 15.9. The fraction of sp³-hybridized carbons (Fsp3) is 0.906. The van der Waals surface area contributed by atoms with Crippen molar-refractivity contribution in [2.75, 3.05) is 0 Å². The van der Waals surface area contributed by atoms with Gasteiger partial charge in [-0.15, -0.1) is 0 Å². The first-order valence-electron chi connectivity index (χ1n) is 15.9. The maximum absolute atomic E-state index is 3.61. The highest BCUT2D eigenvalue weighted by Gasteiger charge is 2.22. The second kappa shape index (κ2) is 23.9. The van der Waals surface area contributed by atoms with Gasteiger partial charge in [-0.1, -0.05) is 156 Å². The van der Waals surface area contributed by atoms with Crippen molar-refractivity contribution in [1.29, 1.82) is 0 Å². The van der Waals surface area contributed by atoms with E-state index in [1.54, 1.807) is 0 Å². The van der Waals surface area contributed by atoms with E-state index in [1.807, 2.05) is 0 Å². The lowest BCUT2D eigenvalue weighted by Crippen LogP contribution is -2.37. The molecule has 1 atom stereocenters. The second-order valence-corrected chi connectivity index (χ2v) is 11.0. The minimum atomic E-state index is 0.731. The number of aromatic nitrogens is 2. The summed E-state index contributed by atoms with van der Waals surface area (Å²) in [5.74, 6) is 2.23. The highest BCUT2D eigenvalue weighted by molar-refractivity contribution is 4.90. The smallest absolute Gasteiger partial charge is 0.247 e. The van der Waals surface area contributed by atoms with Crippen molar-refractivity contribution in [2.45, 2.75) is 187 Å². The molecule has 34 heavy (non-hydrogen) atoms. The zero-order valence-corrected chi connectivity index (χ0v) is 23.9. The van der Waals surface area contributed by atoms with Gasteiger partial charge in [0, 0.05) is 0 Å². The third kappa shape index (κ3) is 16.8. The lowest BCUT2D eigenvalue weighted by Gasteiger charge is -2.14. The molecule has 200 valence electrons. The number of nitrogens with zero attached hydrogens (tertiary/aromatic N) is 1. The molecule has 0 aromatic carbocycles. The highest BCUT2D eigenvalue weighted by Crippen LogP contribution is 2.26. The first kappa shape index (κ1) is 31.2. The highest BCUT2D eigenvalue weighted by atomic mass is 15.1. The van der Waals surface area contributed by atoms with Gasteiger partial charge in [0.2, 0.25) is 0 Å². The summed E-state index contributed by atoms with van der Waals surface area (Å²) in [7, 11) is 0. The lowest BCUT2D eigenvalue weighted by atomic mass is 9.93. The predicted octanol–water partition coefficient (Wildman–Crippen LogP) is 10.8. The summed E-state index contributed by atoms with van der Waals surface area (Å²) >= 11 is 0. The number of aryl methyl sites for hydroxylation is 1. The van der Waals surface area contributed by atoms with Gasteiger partial charge in [0.25, 0.3) is 5.82 Å². The van der Waals surface area contributed by atoms with E-state index in [9.17, 15) is 0 Å². The number of hydrogen-bond donors (Lipinski definition) is 1. The third-order valence-corrected chi connectivity index (χ3v) is 7.71. The number of nitrogens with one attached hydrogen (secondary N) is 1. The molecule has 0 unspecified atom stereocenters. The largest absolute Gasteiger partial charge is 0.257 e. The van der Waals surface area contributed by atoms with E-state index in [1.165, 1.54) is 160 Å². The Kier molecular flexibility index (Phi) is 22.0. The van der Waals surface area contributed by atoms with E-state index < -0.39 is 0 Å². The standard InChI is InChI=1S/C32H62N2/c1-4-7-9-11-12-13-14-15-16-17-18-19-20-21-23-25-27-31(26-24-22-10-8-5-2)32-33-28-30-34(32)29-6-3/h28,30-31H,4-27,29H2,1-3H3/p+1/t31-/m0/s1. The summed E-state index contributed by atoms with van der Waals surface area (Å²) in [5, 5.41) is 0. The summed E-state index contributed by atoms with van der Waals surface area (Å²) in [6.45, 7) is 8.06. The third-order valence-electron chi connectivity index (χ3n) is 7.71. The van der Waals surface area contributed by atoms with Crippen molar-refractivity contribution in [1.82, 2.24) is 4.98 Å². The predicted molar refractivity (Wildman–Crippen MR) is 152 cm³/mol. The molecule has 2 nitrogen and oxygen atoms in total. The number of unbranched alkanes of at least 4 members (excludes halogenated alkanes) is 19. The van der Waals surface area contributed by atoms with Gasteiger partial charge in [-0.25, -0.2) is 9.55 Å². The molecule has 0 bridgehead atoms. The molecule has 1 aromatic rings. The van der Waals surface area contributed by atoms with E-state index in [0.717, 1.165) is 12.5 Å². The summed E-state index contributed by atoms with van der Waals surface area (Å²) in [5.41, 5.74) is 0. The molecule has 0 saturated heterocycles. The molecular weight excluding hydrogens is 412 g/mol. The zero-order chi connectivity index (χ0) is 24.5. The molecule has 0 aliphatic carbocycles. The van der Waals surface area contributed by atoms with Crippen LogP contribution in [0.1, 0.15) is 187 Å². The van der Waals surface area contributed by atoms with Crippen LogP contribution in [0.2, 0.25) is 0 Å². The minimum Gasteiger partial charge on any atom is -0.247 e. The summed E-state index contributed by atoms with van der Waals surface area (Å²) in [6, 6.07) is 0.